The fraction of sp³-hybridized carbons (Fsp3) is 1.00. The van der Waals surface area contributed by atoms with Crippen LogP contribution in [0, 0.1) is 5.92 Å². The van der Waals surface area contributed by atoms with Crippen molar-refractivity contribution in [3.05, 3.63) is 0 Å². The van der Waals surface area contributed by atoms with Gasteiger partial charge in [0, 0.05) is 13.1 Å². The summed E-state index contributed by atoms with van der Waals surface area (Å²) in [5, 5.41) is 0. The van der Waals surface area contributed by atoms with Crippen molar-refractivity contribution in [2.45, 2.75) is 39.5 Å². The van der Waals surface area contributed by atoms with E-state index in [2.05, 4.69) is 6.92 Å². The lowest BCUT2D eigenvalue weighted by Crippen LogP contribution is -2.39. The van der Waals surface area contributed by atoms with Crippen molar-refractivity contribution >= 4 is 10.0 Å². The van der Waals surface area contributed by atoms with E-state index in [1.165, 1.54) is 6.42 Å². The second-order valence-electron chi connectivity index (χ2n) is 4.07. The number of hydrogen-bond donors (Lipinski definition) is 0. The van der Waals surface area contributed by atoms with Gasteiger partial charge in [-0.15, -0.1) is 0 Å². The summed E-state index contributed by atoms with van der Waals surface area (Å²) in [5.74, 6) is 1.05. The van der Waals surface area contributed by atoms with Gasteiger partial charge in [-0.1, -0.05) is 20.3 Å². The van der Waals surface area contributed by atoms with Crippen LogP contribution in [0.1, 0.15) is 39.5 Å². The molecule has 1 aliphatic heterocycles. The fourth-order valence-electron chi connectivity index (χ4n) is 1.98. The summed E-state index contributed by atoms with van der Waals surface area (Å²) in [5.41, 5.74) is 0. The van der Waals surface area contributed by atoms with Crippen molar-refractivity contribution in [2.75, 3.05) is 18.8 Å². The van der Waals surface area contributed by atoms with Crippen LogP contribution in [0.4, 0.5) is 0 Å². The second-order valence-corrected chi connectivity index (χ2v) is 6.16. The molecule has 84 valence electrons. The monoisotopic (exact) mass is 219 g/mol. The minimum absolute atomic E-state index is 0.309. The van der Waals surface area contributed by atoms with Crippen molar-refractivity contribution in [1.82, 2.24) is 4.31 Å². The third-order valence-electron chi connectivity index (χ3n) is 3.01. The molecular weight excluding hydrogens is 198 g/mol. The Morgan fingerprint density at radius 2 is 1.79 bits per heavy atom. The van der Waals surface area contributed by atoms with E-state index >= 15 is 0 Å². The predicted molar refractivity (Wildman–Crippen MR) is 58.7 cm³/mol. The van der Waals surface area contributed by atoms with Gasteiger partial charge < -0.3 is 0 Å². The third-order valence-corrected chi connectivity index (χ3v) is 5.08. The Bertz CT molecular complexity index is 253. The van der Waals surface area contributed by atoms with Crippen molar-refractivity contribution < 1.29 is 8.42 Å². The lowest BCUT2D eigenvalue weighted by Gasteiger charge is -2.30. The van der Waals surface area contributed by atoms with Crippen LogP contribution in [0.15, 0.2) is 0 Å². The molecule has 0 saturated carbocycles. The lowest BCUT2D eigenvalue weighted by molar-refractivity contribution is 0.269. The molecule has 0 unspecified atom stereocenters. The maximum absolute atomic E-state index is 11.7. The quantitative estimate of drug-likeness (QED) is 0.723. The van der Waals surface area contributed by atoms with Gasteiger partial charge in [0.25, 0.3) is 0 Å². The zero-order chi connectivity index (χ0) is 10.6. The average molecular weight is 219 g/mol. The van der Waals surface area contributed by atoms with Crippen molar-refractivity contribution in [3.63, 3.8) is 0 Å². The van der Waals surface area contributed by atoms with Crippen LogP contribution in [-0.2, 0) is 10.0 Å². The van der Waals surface area contributed by atoms with Crippen LogP contribution in [0.3, 0.4) is 0 Å². The average Bonchev–Trinajstić information content (AvgIpc) is 2.18. The molecule has 0 radical (unpaired) electrons. The van der Waals surface area contributed by atoms with E-state index in [4.69, 9.17) is 0 Å². The Hall–Kier alpha value is -0.0900. The molecule has 1 aliphatic rings. The lowest BCUT2D eigenvalue weighted by atomic mass is 9.96. The molecule has 3 nitrogen and oxygen atoms in total. The van der Waals surface area contributed by atoms with E-state index in [0.717, 1.165) is 38.3 Å². The highest BCUT2D eigenvalue weighted by atomic mass is 32.2. The molecule has 1 rings (SSSR count). The van der Waals surface area contributed by atoms with Gasteiger partial charge in [-0.25, -0.2) is 12.7 Å². The number of rotatable bonds is 4. The highest BCUT2D eigenvalue weighted by Gasteiger charge is 2.26. The Morgan fingerprint density at radius 1 is 1.21 bits per heavy atom. The Balaban J connectivity index is 2.49. The zero-order valence-electron chi connectivity index (χ0n) is 9.20. The molecule has 0 atom stereocenters. The number of sulfonamides is 1. The van der Waals surface area contributed by atoms with Crippen LogP contribution in [0.2, 0.25) is 0 Å². The summed E-state index contributed by atoms with van der Waals surface area (Å²) in [6, 6.07) is 0. The van der Waals surface area contributed by atoms with E-state index < -0.39 is 10.0 Å². The molecule has 0 bridgehead atoms. The highest BCUT2D eigenvalue weighted by Crippen LogP contribution is 2.22. The van der Waals surface area contributed by atoms with Gasteiger partial charge in [-0.3, -0.25) is 0 Å². The minimum Gasteiger partial charge on any atom is -0.212 e. The molecule has 0 N–H and O–H groups in total. The Morgan fingerprint density at radius 3 is 2.21 bits per heavy atom. The predicted octanol–water partition coefficient (Wildman–Crippen LogP) is 1.85. The van der Waals surface area contributed by atoms with Crippen LogP contribution in [-0.4, -0.2) is 31.6 Å². The number of piperidine rings is 1. The first-order valence-corrected chi connectivity index (χ1v) is 7.19. The molecule has 0 amide bonds. The van der Waals surface area contributed by atoms with Crippen LogP contribution in [0.25, 0.3) is 0 Å². The summed E-state index contributed by atoms with van der Waals surface area (Å²) < 4.78 is 25.1. The highest BCUT2D eigenvalue weighted by molar-refractivity contribution is 7.89. The molecule has 0 aromatic carbocycles. The number of hydrogen-bond acceptors (Lipinski definition) is 2. The van der Waals surface area contributed by atoms with Crippen LogP contribution in [0.5, 0.6) is 0 Å². The van der Waals surface area contributed by atoms with Gasteiger partial charge in [0.1, 0.15) is 0 Å². The van der Waals surface area contributed by atoms with Gasteiger partial charge >= 0.3 is 0 Å². The van der Waals surface area contributed by atoms with Crippen LogP contribution >= 0.6 is 0 Å². The Labute approximate surface area is 87.5 Å². The fourth-order valence-corrected chi connectivity index (χ4v) is 3.52. The molecule has 1 fully saturated rings. The standard InChI is InChI=1S/C10H21NO2S/c1-3-9-14(12,13)11-7-5-10(4-2)6-8-11/h10H,3-9H2,1-2H3. The summed E-state index contributed by atoms with van der Waals surface area (Å²) >= 11 is 0. The van der Waals surface area contributed by atoms with Crippen molar-refractivity contribution in [3.8, 4) is 0 Å². The first-order chi connectivity index (χ1) is 6.60. The Kier molecular flexibility index (Phi) is 4.38. The zero-order valence-corrected chi connectivity index (χ0v) is 10.0. The summed E-state index contributed by atoms with van der Waals surface area (Å²) in [6.45, 7) is 5.57. The van der Waals surface area contributed by atoms with E-state index in [0.29, 0.717) is 5.75 Å². The van der Waals surface area contributed by atoms with E-state index in [-0.39, 0.29) is 0 Å². The van der Waals surface area contributed by atoms with Gasteiger partial charge in [-0.2, -0.15) is 0 Å². The third kappa shape index (κ3) is 2.95. The normalized spacial score (nSPS) is 21.3. The molecule has 0 spiro atoms. The SMILES string of the molecule is CCCS(=O)(=O)N1CCC(CC)CC1. The van der Waals surface area contributed by atoms with E-state index in [1.54, 1.807) is 4.31 Å². The first kappa shape index (κ1) is 12.0. The summed E-state index contributed by atoms with van der Waals surface area (Å²) in [6.07, 6.45) is 3.98. The largest absolute Gasteiger partial charge is 0.214 e. The molecule has 14 heavy (non-hydrogen) atoms. The summed E-state index contributed by atoms with van der Waals surface area (Å²) in [7, 11) is -2.93. The molecule has 1 heterocycles. The van der Waals surface area contributed by atoms with Crippen LogP contribution < -0.4 is 0 Å². The molecule has 0 aromatic heterocycles. The van der Waals surface area contributed by atoms with Gasteiger partial charge in [0.2, 0.25) is 10.0 Å². The maximum Gasteiger partial charge on any atom is 0.214 e. The first-order valence-electron chi connectivity index (χ1n) is 5.58. The molecule has 0 aliphatic carbocycles. The topological polar surface area (TPSA) is 37.4 Å². The number of nitrogens with zero attached hydrogens (tertiary/aromatic N) is 1. The van der Waals surface area contributed by atoms with Gasteiger partial charge in [-0.05, 0) is 25.2 Å². The molecule has 1 saturated heterocycles. The second kappa shape index (κ2) is 5.12. The smallest absolute Gasteiger partial charge is 0.212 e. The molecule has 0 aromatic rings. The van der Waals surface area contributed by atoms with Gasteiger partial charge in [0.05, 0.1) is 5.75 Å². The summed E-state index contributed by atoms with van der Waals surface area (Å²) in [4.78, 5) is 0. The van der Waals surface area contributed by atoms with E-state index in [9.17, 15) is 8.42 Å². The minimum atomic E-state index is -2.93. The van der Waals surface area contributed by atoms with Crippen molar-refractivity contribution in [2.24, 2.45) is 5.92 Å². The van der Waals surface area contributed by atoms with Gasteiger partial charge in [0.15, 0.2) is 0 Å². The van der Waals surface area contributed by atoms with Crippen molar-refractivity contribution in [1.29, 1.82) is 0 Å². The van der Waals surface area contributed by atoms with E-state index in [1.807, 2.05) is 6.92 Å². The maximum atomic E-state index is 11.7. The molecule has 4 heteroatoms. The molecular formula is C10H21NO2S.